The van der Waals surface area contributed by atoms with Crippen molar-refractivity contribution in [3.63, 3.8) is 0 Å². The zero-order valence-electron chi connectivity index (χ0n) is 4.94. The van der Waals surface area contributed by atoms with E-state index in [9.17, 15) is 0 Å². The Morgan fingerprint density at radius 2 is 1.78 bits per heavy atom. The number of aliphatic hydroxyl groups is 4. The van der Waals surface area contributed by atoms with Gasteiger partial charge in [0.05, 0.1) is 19.3 Å². The lowest BCUT2D eigenvalue weighted by Crippen LogP contribution is -2.29. The van der Waals surface area contributed by atoms with Crippen LogP contribution in [0.15, 0.2) is 0 Å². The Morgan fingerprint density at radius 1 is 1.22 bits per heavy atom. The van der Waals surface area contributed by atoms with Gasteiger partial charge in [-0.1, -0.05) is 0 Å². The molecular weight excluding hydrogens is 124 g/mol. The average molecular weight is 135 g/mol. The van der Waals surface area contributed by atoms with E-state index in [0.717, 1.165) is 6.61 Å². The molecule has 0 aromatic rings. The maximum atomic E-state index is 8.72. The summed E-state index contributed by atoms with van der Waals surface area (Å²) in [5.41, 5.74) is 0. The van der Waals surface area contributed by atoms with E-state index < -0.39 is 18.8 Å². The molecule has 0 aromatic heterocycles. The number of hydrogen-bond acceptors (Lipinski definition) is 4. The highest BCUT2D eigenvalue weighted by Gasteiger charge is 2.13. The van der Waals surface area contributed by atoms with Gasteiger partial charge in [-0.05, 0) is 0 Å². The van der Waals surface area contributed by atoms with Crippen molar-refractivity contribution in [2.45, 2.75) is 18.6 Å². The minimum Gasteiger partial charge on any atom is -0.394 e. The molecule has 0 aliphatic carbocycles. The Hall–Kier alpha value is -0.160. The molecule has 4 heteroatoms. The minimum absolute atomic E-state index is 0.0261. The summed E-state index contributed by atoms with van der Waals surface area (Å²) in [6, 6.07) is 0. The van der Waals surface area contributed by atoms with Crippen LogP contribution in [0.3, 0.4) is 0 Å². The summed E-state index contributed by atoms with van der Waals surface area (Å²) in [6.45, 7) is 0.249. The highest BCUT2D eigenvalue weighted by atomic mass is 16.4. The van der Waals surface area contributed by atoms with E-state index in [2.05, 4.69) is 0 Å². The molecular formula is C5H11O4. The third-order valence-electron chi connectivity index (χ3n) is 0.978. The fourth-order valence-corrected chi connectivity index (χ4v) is 0.387. The predicted octanol–water partition coefficient (Wildman–Crippen LogP) is -1.38. The van der Waals surface area contributed by atoms with E-state index in [1.807, 2.05) is 0 Å². The molecule has 4 nitrogen and oxygen atoms in total. The van der Waals surface area contributed by atoms with Crippen molar-refractivity contribution in [3.8, 4) is 0 Å². The molecule has 2 unspecified atom stereocenters. The van der Waals surface area contributed by atoms with E-state index in [1.165, 1.54) is 0 Å². The van der Waals surface area contributed by atoms with Crippen LogP contribution in [0.4, 0.5) is 0 Å². The molecule has 0 spiro atoms. The molecule has 0 saturated heterocycles. The highest BCUT2D eigenvalue weighted by Crippen LogP contribution is 1.98. The molecule has 0 aliphatic rings. The molecule has 0 heterocycles. The second-order valence-corrected chi connectivity index (χ2v) is 1.74. The first-order valence-corrected chi connectivity index (χ1v) is 2.65. The van der Waals surface area contributed by atoms with Gasteiger partial charge in [0.25, 0.3) is 0 Å². The molecule has 0 fully saturated rings. The maximum Gasteiger partial charge on any atom is 0.103 e. The molecule has 0 saturated carbocycles. The van der Waals surface area contributed by atoms with Crippen LogP contribution in [0.2, 0.25) is 0 Å². The summed E-state index contributed by atoms with van der Waals surface area (Å²) in [4.78, 5) is 0. The van der Waals surface area contributed by atoms with Crippen LogP contribution in [0.25, 0.3) is 0 Å². The lowest BCUT2D eigenvalue weighted by atomic mass is 10.1. The normalized spacial score (nSPS) is 17.3. The number of hydrogen-bond donors (Lipinski definition) is 4. The van der Waals surface area contributed by atoms with Crippen molar-refractivity contribution >= 4 is 0 Å². The van der Waals surface area contributed by atoms with Crippen LogP contribution in [-0.2, 0) is 0 Å². The van der Waals surface area contributed by atoms with E-state index in [-0.39, 0.29) is 6.42 Å². The van der Waals surface area contributed by atoms with Crippen molar-refractivity contribution in [3.05, 3.63) is 6.61 Å². The van der Waals surface area contributed by atoms with E-state index in [0.29, 0.717) is 0 Å². The predicted molar refractivity (Wildman–Crippen MR) is 30.0 cm³/mol. The second kappa shape index (κ2) is 4.69. The van der Waals surface area contributed by atoms with Gasteiger partial charge in [-0.15, -0.1) is 0 Å². The monoisotopic (exact) mass is 135 g/mol. The van der Waals surface area contributed by atoms with Gasteiger partial charge in [0.2, 0.25) is 0 Å². The fraction of sp³-hybridized carbons (Fsp3) is 0.800. The summed E-state index contributed by atoms with van der Waals surface area (Å²) in [5.74, 6) is 0. The lowest BCUT2D eigenvalue weighted by molar-refractivity contribution is -0.0181. The Labute approximate surface area is 53.4 Å². The van der Waals surface area contributed by atoms with Gasteiger partial charge in [-0.3, -0.25) is 0 Å². The number of aliphatic hydroxyl groups excluding tert-OH is 4. The second-order valence-electron chi connectivity index (χ2n) is 1.74. The quantitative estimate of drug-likeness (QED) is 0.383. The third-order valence-corrected chi connectivity index (χ3v) is 0.978. The molecule has 0 bridgehead atoms. The topological polar surface area (TPSA) is 80.9 Å². The SMILES string of the molecule is O[CH]CC(O)C(O)CO. The van der Waals surface area contributed by atoms with E-state index >= 15 is 0 Å². The van der Waals surface area contributed by atoms with Gasteiger partial charge in [-0.2, -0.15) is 0 Å². The van der Waals surface area contributed by atoms with Crippen LogP contribution < -0.4 is 0 Å². The van der Waals surface area contributed by atoms with Gasteiger partial charge < -0.3 is 20.4 Å². The fourth-order valence-electron chi connectivity index (χ4n) is 0.387. The Morgan fingerprint density at radius 3 is 2.11 bits per heavy atom. The first kappa shape index (κ1) is 8.84. The summed E-state index contributed by atoms with van der Waals surface area (Å²) < 4.78 is 0. The smallest absolute Gasteiger partial charge is 0.103 e. The summed E-state index contributed by atoms with van der Waals surface area (Å²) >= 11 is 0. The van der Waals surface area contributed by atoms with Crippen LogP contribution in [0.1, 0.15) is 6.42 Å². The Bertz CT molecular complexity index is 66.0. The summed E-state index contributed by atoms with van der Waals surface area (Å²) in [5, 5.41) is 33.7. The molecule has 2 atom stereocenters. The minimum atomic E-state index is -1.16. The summed E-state index contributed by atoms with van der Waals surface area (Å²) in [7, 11) is 0. The molecule has 55 valence electrons. The average Bonchev–Trinajstić information content (AvgIpc) is 1.87. The first-order chi connectivity index (χ1) is 4.22. The van der Waals surface area contributed by atoms with Crippen LogP contribution in [0.5, 0.6) is 0 Å². The van der Waals surface area contributed by atoms with Gasteiger partial charge in [0.15, 0.2) is 0 Å². The van der Waals surface area contributed by atoms with E-state index in [4.69, 9.17) is 20.4 Å². The van der Waals surface area contributed by atoms with Gasteiger partial charge in [-0.25, -0.2) is 0 Å². The highest BCUT2D eigenvalue weighted by molar-refractivity contribution is 4.68. The molecule has 0 rings (SSSR count). The molecule has 4 N–H and O–H groups in total. The number of rotatable bonds is 4. The Balaban J connectivity index is 3.32. The molecule has 1 radical (unpaired) electrons. The summed E-state index contributed by atoms with van der Waals surface area (Å²) in [6.07, 6.45) is -2.25. The van der Waals surface area contributed by atoms with Crippen molar-refractivity contribution < 1.29 is 20.4 Å². The lowest BCUT2D eigenvalue weighted by Gasteiger charge is -2.12. The van der Waals surface area contributed by atoms with Crippen molar-refractivity contribution in [1.82, 2.24) is 0 Å². The van der Waals surface area contributed by atoms with E-state index in [1.54, 1.807) is 0 Å². The first-order valence-electron chi connectivity index (χ1n) is 2.65. The zero-order chi connectivity index (χ0) is 7.28. The van der Waals surface area contributed by atoms with Crippen molar-refractivity contribution in [2.24, 2.45) is 0 Å². The molecule has 0 aliphatic heterocycles. The van der Waals surface area contributed by atoms with Crippen LogP contribution in [0, 0.1) is 6.61 Å². The largest absolute Gasteiger partial charge is 0.394 e. The zero-order valence-corrected chi connectivity index (χ0v) is 4.94. The van der Waals surface area contributed by atoms with Gasteiger partial charge >= 0.3 is 0 Å². The Kier molecular flexibility index (Phi) is 4.61. The van der Waals surface area contributed by atoms with Crippen molar-refractivity contribution in [2.75, 3.05) is 6.61 Å². The molecule has 0 aromatic carbocycles. The van der Waals surface area contributed by atoms with Gasteiger partial charge in [0, 0.05) is 6.42 Å². The molecule has 9 heavy (non-hydrogen) atoms. The maximum absolute atomic E-state index is 8.72. The van der Waals surface area contributed by atoms with Crippen LogP contribution >= 0.6 is 0 Å². The van der Waals surface area contributed by atoms with Crippen molar-refractivity contribution in [1.29, 1.82) is 0 Å². The standard InChI is InChI=1S/C5H11O4/c6-2-1-4(8)5(9)3-7/h2,4-9H,1,3H2. The molecule has 0 amide bonds. The van der Waals surface area contributed by atoms with Crippen LogP contribution in [-0.4, -0.2) is 39.2 Å². The third kappa shape index (κ3) is 3.42. The van der Waals surface area contributed by atoms with Gasteiger partial charge in [0.1, 0.15) is 6.10 Å².